The van der Waals surface area contributed by atoms with Crippen molar-refractivity contribution in [3.05, 3.63) is 35.4 Å². The van der Waals surface area contributed by atoms with Crippen LogP contribution in [-0.4, -0.2) is 24.9 Å². The third kappa shape index (κ3) is 3.82. The number of halogens is 2. The summed E-state index contributed by atoms with van der Waals surface area (Å²) in [6.07, 6.45) is 0. The Hall–Kier alpha value is -1.98. The maximum Gasteiger partial charge on any atom is 0.251 e. The summed E-state index contributed by atoms with van der Waals surface area (Å²) < 4.78 is 25.4. The standard InChI is InChI=1S/C11H12F2N2O2/c1-2-14-10(16)6-15-11(17)7-3-4-8(12)9(13)5-7/h3-5H,2,6H2,1H3,(H,14,16)(H,15,17). The van der Waals surface area contributed by atoms with E-state index in [1.54, 1.807) is 6.92 Å². The molecule has 2 amide bonds. The number of hydrogen-bond acceptors (Lipinski definition) is 2. The molecule has 0 bridgehead atoms. The highest BCUT2D eigenvalue weighted by Crippen LogP contribution is 2.08. The first-order valence-electron chi connectivity index (χ1n) is 5.04. The summed E-state index contributed by atoms with van der Waals surface area (Å²) in [5.41, 5.74) is -0.0341. The van der Waals surface area contributed by atoms with Gasteiger partial charge in [0.2, 0.25) is 5.91 Å². The zero-order chi connectivity index (χ0) is 12.8. The van der Waals surface area contributed by atoms with E-state index < -0.39 is 17.5 Å². The third-order valence-corrected chi connectivity index (χ3v) is 1.97. The van der Waals surface area contributed by atoms with Crippen LogP contribution in [0.1, 0.15) is 17.3 Å². The number of nitrogens with one attached hydrogen (secondary N) is 2. The van der Waals surface area contributed by atoms with Gasteiger partial charge in [0.1, 0.15) is 0 Å². The van der Waals surface area contributed by atoms with Gasteiger partial charge in [0, 0.05) is 12.1 Å². The van der Waals surface area contributed by atoms with Gasteiger partial charge in [0.15, 0.2) is 11.6 Å². The zero-order valence-electron chi connectivity index (χ0n) is 9.22. The van der Waals surface area contributed by atoms with Gasteiger partial charge < -0.3 is 10.6 Å². The summed E-state index contributed by atoms with van der Waals surface area (Å²) in [6, 6.07) is 2.78. The number of likely N-dealkylation sites (N-methyl/N-ethyl adjacent to an activating group) is 1. The molecule has 6 heteroatoms. The molecule has 0 aliphatic carbocycles. The molecule has 0 saturated heterocycles. The predicted octanol–water partition coefficient (Wildman–Crippen LogP) is 0.831. The zero-order valence-corrected chi connectivity index (χ0v) is 9.22. The van der Waals surface area contributed by atoms with Crippen LogP contribution in [0.3, 0.4) is 0 Å². The van der Waals surface area contributed by atoms with Crippen LogP contribution in [0.2, 0.25) is 0 Å². The molecule has 0 unspecified atom stereocenters. The lowest BCUT2D eigenvalue weighted by molar-refractivity contribution is -0.120. The molecule has 0 spiro atoms. The first kappa shape index (κ1) is 13.1. The molecule has 0 aromatic heterocycles. The molecule has 0 heterocycles. The van der Waals surface area contributed by atoms with Crippen molar-refractivity contribution in [3.63, 3.8) is 0 Å². The van der Waals surface area contributed by atoms with Gasteiger partial charge in [-0.1, -0.05) is 0 Å². The van der Waals surface area contributed by atoms with Gasteiger partial charge >= 0.3 is 0 Å². The second kappa shape index (κ2) is 5.93. The van der Waals surface area contributed by atoms with Gasteiger partial charge in [-0.15, -0.1) is 0 Å². The number of rotatable bonds is 4. The number of carbonyl (C=O) groups is 2. The van der Waals surface area contributed by atoms with Crippen molar-refractivity contribution in [2.75, 3.05) is 13.1 Å². The minimum Gasteiger partial charge on any atom is -0.355 e. The third-order valence-electron chi connectivity index (χ3n) is 1.97. The lowest BCUT2D eigenvalue weighted by Gasteiger charge is -2.05. The molecule has 92 valence electrons. The average molecular weight is 242 g/mol. The molecule has 0 aliphatic rings. The maximum absolute atomic E-state index is 12.8. The smallest absolute Gasteiger partial charge is 0.251 e. The van der Waals surface area contributed by atoms with Crippen LogP contribution in [0.4, 0.5) is 8.78 Å². The Morgan fingerprint density at radius 2 is 1.88 bits per heavy atom. The van der Waals surface area contributed by atoms with E-state index in [1.807, 2.05) is 0 Å². The Morgan fingerprint density at radius 3 is 2.47 bits per heavy atom. The highest BCUT2D eigenvalue weighted by molar-refractivity contribution is 5.96. The SMILES string of the molecule is CCNC(=O)CNC(=O)c1ccc(F)c(F)c1. The van der Waals surface area contributed by atoms with Gasteiger partial charge in [-0.2, -0.15) is 0 Å². The van der Waals surface area contributed by atoms with Crippen LogP contribution in [0.15, 0.2) is 18.2 Å². The maximum atomic E-state index is 12.8. The molecule has 17 heavy (non-hydrogen) atoms. The van der Waals surface area contributed by atoms with Crippen molar-refractivity contribution in [3.8, 4) is 0 Å². The Balaban J connectivity index is 2.58. The second-order valence-corrected chi connectivity index (χ2v) is 3.27. The topological polar surface area (TPSA) is 58.2 Å². The van der Waals surface area contributed by atoms with Gasteiger partial charge in [0.25, 0.3) is 5.91 Å². The quantitative estimate of drug-likeness (QED) is 0.821. The van der Waals surface area contributed by atoms with E-state index in [-0.39, 0.29) is 18.0 Å². The van der Waals surface area contributed by atoms with Crippen LogP contribution in [0.5, 0.6) is 0 Å². The molecular formula is C11H12F2N2O2. The molecule has 1 aromatic carbocycles. The Morgan fingerprint density at radius 1 is 1.18 bits per heavy atom. The lowest BCUT2D eigenvalue weighted by atomic mass is 10.2. The largest absolute Gasteiger partial charge is 0.355 e. The van der Waals surface area contributed by atoms with E-state index in [0.29, 0.717) is 6.54 Å². The number of benzene rings is 1. The molecule has 0 radical (unpaired) electrons. The van der Waals surface area contributed by atoms with Crippen molar-refractivity contribution in [2.24, 2.45) is 0 Å². The predicted molar refractivity (Wildman–Crippen MR) is 57.4 cm³/mol. The van der Waals surface area contributed by atoms with Gasteiger partial charge in [-0.25, -0.2) is 8.78 Å². The van der Waals surface area contributed by atoms with Crippen molar-refractivity contribution in [1.82, 2.24) is 10.6 Å². The van der Waals surface area contributed by atoms with E-state index in [9.17, 15) is 18.4 Å². The minimum atomic E-state index is -1.10. The fourth-order valence-electron chi connectivity index (χ4n) is 1.16. The summed E-state index contributed by atoms with van der Waals surface area (Å²) in [6.45, 7) is 2.00. The Kier molecular flexibility index (Phi) is 4.56. The number of carbonyl (C=O) groups excluding carboxylic acids is 2. The lowest BCUT2D eigenvalue weighted by Crippen LogP contribution is -2.36. The van der Waals surface area contributed by atoms with E-state index >= 15 is 0 Å². The molecule has 4 nitrogen and oxygen atoms in total. The molecule has 0 aliphatic heterocycles. The number of hydrogen-bond donors (Lipinski definition) is 2. The van der Waals surface area contributed by atoms with Crippen molar-refractivity contribution in [2.45, 2.75) is 6.92 Å². The Bertz CT molecular complexity index is 435. The van der Waals surface area contributed by atoms with Crippen molar-refractivity contribution < 1.29 is 18.4 Å². The highest BCUT2D eigenvalue weighted by Gasteiger charge is 2.10. The fourth-order valence-corrected chi connectivity index (χ4v) is 1.16. The fraction of sp³-hybridized carbons (Fsp3) is 0.273. The van der Waals surface area contributed by atoms with Crippen molar-refractivity contribution in [1.29, 1.82) is 0 Å². The van der Waals surface area contributed by atoms with E-state index in [0.717, 1.165) is 18.2 Å². The molecule has 0 saturated carbocycles. The first-order chi connectivity index (χ1) is 8.04. The van der Waals surface area contributed by atoms with Gasteiger partial charge in [0.05, 0.1) is 6.54 Å². The van der Waals surface area contributed by atoms with Gasteiger partial charge in [-0.05, 0) is 25.1 Å². The monoisotopic (exact) mass is 242 g/mol. The van der Waals surface area contributed by atoms with E-state index in [1.165, 1.54) is 0 Å². The summed E-state index contributed by atoms with van der Waals surface area (Å²) in [5, 5.41) is 4.78. The second-order valence-electron chi connectivity index (χ2n) is 3.27. The molecule has 1 rings (SSSR count). The van der Waals surface area contributed by atoms with Crippen LogP contribution < -0.4 is 10.6 Å². The normalized spacial score (nSPS) is 9.82. The Labute approximate surface area is 97.0 Å². The average Bonchev–Trinajstić information content (AvgIpc) is 2.30. The van der Waals surface area contributed by atoms with Crippen LogP contribution in [-0.2, 0) is 4.79 Å². The molecular weight excluding hydrogens is 230 g/mol. The van der Waals surface area contributed by atoms with E-state index in [2.05, 4.69) is 10.6 Å². The molecule has 0 fully saturated rings. The summed E-state index contributed by atoms with van der Waals surface area (Å²) in [4.78, 5) is 22.5. The summed E-state index contributed by atoms with van der Waals surface area (Å²) in [5.74, 6) is -3.10. The van der Waals surface area contributed by atoms with Crippen LogP contribution in [0, 0.1) is 11.6 Å². The van der Waals surface area contributed by atoms with Gasteiger partial charge in [-0.3, -0.25) is 9.59 Å². The van der Waals surface area contributed by atoms with Crippen LogP contribution in [0.25, 0.3) is 0 Å². The number of amides is 2. The molecule has 2 N–H and O–H groups in total. The summed E-state index contributed by atoms with van der Waals surface area (Å²) in [7, 11) is 0. The minimum absolute atomic E-state index is 0.0341. The van der Waals surface area contributed by atoms with E-state index in [4.69, 9.17) is 0 Å². The first-order valence-corrected chi connectivity index (χ1v) is 5.04. The van der Waals surface area contributed by atoms with Crippen LogP contribution >= 0.6 is 0 Å². The molecule has 1 aromatic rings. The molecule has 0 atom stereocenters. The summed E-state index contributed by atoms with van der Waals surface area (Å²) >= 11 is 0. The highest BCUT2D eigenvalue weighted by atomic mass is 19.2. The van der Waals surface area contributed by atoms with Crippen molar-refractivity contribution >= 4 is 11.8 Å².